The highest BCUT2D eigenvalue weighted by molar-refractivity contribution is 9.10. The van der Waals surface area contributed by atoms with Crippen molar-refractivity contribution >= 4 is 27.5 Å². The molecule has 16 heavy (non-hydrogen) atoms. The molecule has 2 rings (SSSR count). The van der Waals surface area contributed by atoms with Crippen molar-refractivity contribution in [3.63, 3.8) is 0 Å². The van der Waals surface area contributed by atoms with Gasteiger partial charge in [0.2, 0.25) is 0 Å². The average Bonchev–Trinajstić information content (AvgIpc) is 2.74. The highest BCUT2D eigenvalue weighted by Gasteiger charge is 2.12. The number of halogens is 2. The number of H-pyrrole nitrogens is 1. The third-order valence-corrected chi connectivity index (χ3v) is 3.28. The maximum Gasteiger partial charge on any atom is 0.107 e. The summed E-state index contributed by atoms with van der Waals surface area (Å²) in [4.78, 5) is 7.18. The number of hydrogen-bond donors (Lipinski definition) is 2. The Morgan fingerprint density at radius 2 is 2.31 bits per heavy atom. The molecule has 3 nitrogen and oxygen atoms in total. The standard InChI is InChI=1S/C11H11BrClN3/c12-9-2-1-7(13)5-8(9)10(14)6-11-15-3-4-16-11/h1-5,10H,6,14H2,(H,15,16). The first-order valence-electron chi connectivity index (χ1n) is 4.85. The molecule has 1 heterocycles. The van der Waals surface area contributed by atoms with E-state index in [1.165, 1.54) is 0 Å². The number of benzene rings is 1. The number of nitrogens with one attached hydrogen (secondary N) is 1. The third kappa shape index (κ3) is 2.64. The molecular weight excluding hydrogens is 289 g/mol. The minimum atomic E-state index is -0.126. The van der Waals surface area contributed by atoms with Crippen molar-refractivity contribution in [1.29, 1.82) is 0 Å². The lowest BCUT2D eigenvalue weighted by Gasteiger charge is -2.12. The quantitative estimate of drug-likeness (QED) is 0.915. The SMILES string of the molecule is NC(Cc1ncc[nH]1)c1cc(Cl)ccc1Br. The van der Waals surface area contributed by atoms with Gasteiger partial charge in [0.15, 0.2) is 0 Å². The molecule has 2 aromatic rings. The summed E-state index contributed by atoms with van der Waals surface area (Å²) in [6, 6.07) is 5.48. The van der Waals surface area contributed by atoms with E-state index in [1.54, 1.807) is 12.4 Å². The number of aromatic amines is 1. The van der Waals surface area contributed by atoms with Gasteiger partial charge in [0.1, 0.15) is 5.82 Å². The maximum absolute atomic E-state index is 6.11. The van der Waals surface area contributed by atoms with Gasteiger partial charge in [-0.05, 0) is 23.8 Å². The number of hydrogen-bond acceptors (Lipinski definition) is 2. The van der Waals surface area contributed by atoms with Crippen molar-refractivity contribution < 1.29 is 0 Å². The van der Waals surface area contributed by atoms with Crippen molar-refractivity contribution in [2.45, 2.75) is 12.5 Å². The van der Waals surface area contributed by atoms with E-state index in [2.05, 4.69) is 25.9 Å². The Bertz CT molecular complexity index is 470. The summed E-state index contributed by atoms with van der Waals surface area (Å²) in [5, 5.41) is 0.688. The Morgan fingerprint density at radius 1 is 1.50 bits per heavy atom. The first-order chi connectivity index (χ1) is 7.66. The lowest BCUT2D eigenvalue weighted by molar-refractivity contribution is 0.691. The van der Waals surface area contributed by atoms with Crippen molar-refractivity contribution in [1.82, 2.24) is 9.97 Å². The molecule has 0 aliphatic carbocycles. The summed E-state index contributed by atoms with van der Waals surface area (Å²) >= 11 is 9.41. The van der Waals surface area contributed by atoms with Crippen molar-refractivity contribution in [2.75, 3.05) is 0 Å². The van der Waals surface area contributed by atoms with Crippen molar-refractivity contribution in [2.24, 2.45) is 5.73 Å². The van der Waals surface area contributed by atoms with Gasteiger partial charge in [0, 0.05) is 34.4 Å². The Kier molecular flexibility index (Phi) is 3.63. The van der Waals surface area contributed by atoms with Gasteiger partial charge in [-0.1, -0.05) is 27.5 Å². The molecule has 3 N–H and O–H groups in total. The fourth-order valence-electron chi connectivity index (χ4n) is 1.53. The molecule has 0 amide bonds. The van der Waals surface area contributed by atoms with Crippen LogP contribution in [0.5, 0.6) is 0 Å². The fourth-order valence-corrected chi connectivity index (χ4v) is 2.25. The fraction of sp³-hybridized carbons (Fsp3) is 0.182. The third-order valence-electron chi connectivity index (χ3n) is 2.33. The van der Waals surface area contributed by atoms with Gasteiger partial charge >= 0.3 is 0 Å². The zero-order valence-electron chi connectivity index (χ0n) is 8.45. The van der Waals surface area contributed by atoms with E-state index in [0.29, 0.717) is 11.4 Å². The molecule has 0 bridgehead atoms. The number of rotatable bonds is 3. The van der Waals surface area contributed by atoms with Crippen LogP contribution < -0.4 is 5.73 Å². The summed E-state index contributed by atoms with van der Waals surface area (Å²) < 4.78 is 0.968. The zero-order chi connectivity index (χ0) is 11.5. The van der Waals surface area contributed by atoms with E-state index in [-0.39, 0.29) is 6.04 Å². The van der Waals surface area contributed by atoms with Crippen molar-refractivity contribution in [3.05, 3.63) is 51.5 Å². The second-order valence-corrected chi connectivity index (χ2v) is 4.80. The number of nitrogens with two attached hydrogens (primary N) is 1. The van der Waals surface area contributed by atoms with Crippen molar-refractivity contribution in [3.8, 4) is 0 Å². The van der Waals surface area contributed by atoms with Crippen LogP contribution in [0.15, 0.2) is 35.1 Å². The lowest BCUT2D eigenvalue weighted by Crippen LogP contribution is -2.14. The minimum Gasteiger partial charge on any atom is -0.349 e. The second-order valence-electron chi connectivity index (χ2n) is 3.51. The summed E-state index contributed by atoms with van der Waals surface area (Å²) in [7, 11) is 0. The molecule has 0 saturated carbocycles. The predicted octanol–water partition coefficient (Wildman–Crippen LogP) is 3.07. The molecule has 0 spiro atoms. The number of imidazole rings is 1. The summed E-state index contributed by atoms with van der Waals surface area (Å²) in [6.07, 6.45) is 4.16. The monoisotopic (exact) mass is 299 g/mol. The summed E-state index contributed by atoms with van der Waals surface area (Å²) in [5.74, 6) is 0.874. The van der Waals surface area contributed by atoms with Gasteiger partial charge in [0.05, 0.1) is 0 Å². The van der Waals surface area contributed by atoms with E-state index in [0.717, 1.165) is 15.9 Å². The smallest absolute Gasteiger partial charge is 0.107 e. The van der Waals surface area contributed by atoms with Crippen LogP contribution >= 0.6 is 27.5 Å². The molecule has 0 saturated heterocycles. The van der Waals surface area contributed by atoms with Crippen LogP contribution in [-0.2, 0) is 6.42 Å². The molecule has 0 fully saturated rings. The van der Waals surface area contributed by atoms with Crippen LogP contribution in [0.2, 0.25) is 5.02 Å². The Balaban J connectivity index is 2.20. The molecule has 5 heteroatoms. The van der Waals surface area contributed by atoms with Crippen LogP contribution in [0.25, 0.3) is 0 Å². The Hall–Kier alpha value is -0.840. The zero-order valence-corrected chi connectivity index (χ0v) is 10.8. The molecule has 1 aromatic heterocycles. The van der Waals surface area contributed by atoms with Gasteiger partial charge in [-0.2, -0.15) is 0 Å². The molecule has 1 unspecified atom stereocenters. The highest BCUT2D eigenvalue weighted by atomic mass is 79.9. The average molecular weight is 301 g/mol. The summed E-state index contributed by atoms with van der Waals surface area (Å²) in [6.45, 7) is 0. The van der Waals surface area contributed by atoms with E-state index >= 15 is 0 Å². The lowest BCUT2D eigenvalue weighted by atomic mass is 10.0. The molecular formula is C11H11BrClN3. The predicted molar refractivity (Wildman–Crippen MR) is 68.4 cm³/mol. The first kappa shape index (κ1) is 11.6. The van der Waals surface area contributed by atoms with Crippen LogP contribution in [0, 0.1) is 0 Å². The second kappa shape index (κ2) is 4.99. The van der Waals surface area contributed by atoms with E-state index in [1.807, 2.05) is 18.2 Å². The topological polar surface area (TPSA) is 54.7 Å². The van der Waals surface area contributed by atoms with Gasteiger partial charge in [0.25, 0.3) is 0 Å². The number of nitrogens with zero attached hydrogens (tertiary/aromatic N) is 1. The van der Waals surface area contributed by atoms with E-state index < -0.39 is 0 Å². The molecule has 84 valence electrons. The minimum absolute atomic E-state index is 0.126. The Labute approximate surface area is 107 Å². The van der Waals surface area contributed by atoms with Crippen LogP contribution in [0.4, 0.5) is 0 Å². The molecule has 1 atom stereocenters. The molecule has 0 aliphatic rings. The van der Waals surface area contributed by atoms with Crippen LogP contribution in [0.3, 0.4) is 0 Å². The van der Waals surface area contributed by atoms with Gasteiger partial charge in [-0.3, -0.25) is 0 Å². The maximum atomic E-state index is 6.11. The van der Waals surface area contributed by atoms with Crippen LogP contribution in [0.1, 0.15) is 17.4 Å². The normalized spacial score (nSPS) is 12.7. The molecule has 1 aromatic carbocycles. The number of aromatic nitrogens is 2. The Morgan fingerprint density at radius 3 is 3.00 bits per heavy atom. The summed E-state index contributed by atoms with van der Waals surface area (Å²) in [5.41, 5.74) is 7.10. The largest absolute Gasteiger partial charge is 0.349 e. The van der Waals surface area contributed by atoms with Gasteiger partial charge < -0.3 is 10.7 Å². The highest BCUT2D eigenvalue weighted by Crippen LogP contribution is 2.26. The van der Waals surface area contributed by atoms with Gasteiger partial charge in [-0.15, -0.1) is 0 Å². The van der Waals surface area contributed by atoms with Crippen LogP contribution in [-0.4, -0.2) is 9.97 Å². The van der Waals surface area contributed by atoms with E-state index in [9.17, 15) is 0 Å². The molecule has 0 aliphatic heterocycles. The molecule has 0 radical (unpaired) electrons. The van der Waals surface area contributed by atoms with Gasteiger partial charge in [-0.25, -0.2) is 4.98 Å². The van der Waals surface area contributed by atoms with E-state index in [4.69, 9.17) is 17.3 Å². The first-order valence-corrected chi connectivity index (χ1v) is 6.02.